The van der Waals surface area contributed by atoms with Gasteiger partial charge in [-0.3, -0.25) is 9.59 Å². The Balaban J connectivity index is 2.58. The van der Waals surface area contributed by atoms with Gasteiger partial charge < -0.3 is 10.6 Å². The number of nitrogens with one attached hydrogen (secondary N) is 2. The van der Waals surface area contributed by atoms with Gasteiger partial charge in [0.2, 0.25) is 0 Å². The topological polar surface area (TPSA) is 58.2 Å². The zero-order chi connectivity index (χ0) is 11.3. The number of amides is 2. The number of carbonyl (C=O) groups is 2. The summed E-state index contributed by atoms with van der Waals surface area (Å²) >= 11 is 2.16. The van der Waals surface area contributed by atoms with Crippen molar-refractivity contribution in [2.45, 2.75) is 6.92 Å². The van der Waals surface area contributed by atoms with Crippen LogP contribution in [0.25, 0.3) is 0 Å². The van der Waals surface area contributed by atoms with E-state index in [0.29, 0.717) is 12.2 Å². The summed E-state index contributed by atoms with van der Waals surface area (Å²) in [5.41, 5.74) is 0.617. The van der Waals surface area contributed by atoms with E-state index < -0.39 is 11.8 Å². The molecule has 1 rings (SSSR count). The van der Waals surface area contributed by atoms with E-state index >= 15 is 0 Å². The summed E-state index contributed by atoms with van der Waals surface area (Å²) in [6.07, 6.45) is 0. The van der Waals surface area contributed by atoms with Crippen molar-refractivity contribution < 1.29 is 9.59 Å². The predicted molar refractivity (Wildman–Crippen MR) is 66.5 cm³/mol. The third kappa shape index (κ3) is 3.86. The Bertz CT molecular complexity index is 362. The van der Waals surface area contributed by atoms with Gasteiger partial charge in [0.25, 0.3) is 0 Å². The maximum absolute atomic E-state index is 11.3. The van der Waals surface area contributed by atoms with Crippen LogP contribution in [0.15, 0.2) is 24.3 Å². The normalized spacial score (nSPS) is 9.47. The molecule has 0 aliphatic carbocycles. The van der Waals surface area contributed by atoms with Crippen LogP contribution in [0.2, 0.25) is 0 Å². The van der Waals surface area contributed by atoms with Gasteiger partial charge in [-0.15, -0.1) is 0 Å². The van der Waals surface area contributed by atoms with Crippen LogP contribution in [0, 0.1) is 3.57 Å². The van der Waals surface area contributed by atoms with Crippen molar-refractivity contribution in [1.82, 2.24) is 5.32 Å². The molecule has 2 amide bonds. The zero-order valence-electron chi connectivity index (χ0n) is 8.21. The minimum atomic E-state index is -0.641. The molecule has 0 saturated carbocycles. The molecule has 0 saturated heterocycles. The molecule has 0 bridgehead atoms. The predicted octanol–water partition coefficient (Wildman–Crippen LogP) is 1.37. The first kappa shape index (κ1) is 12.0. The van der Waals surface area contributed by atoms with Gasteiger partial charge in [-0.05, 0) is 53.8 Å². The third-order valence-corrected chi connectivity index (χ3v) is 2.36. The van der Waals surface area contributed by atoms with Gasteiger partial charge in [0.15, 0.2) is 0 Å². The molecule has 0 unspecified atom stereocenters. The molecule has 0 aliphatic heterocycles. The molecule has 0 fully saturated rings. The van der Waals surface area contributed by atoms with Crippen molar-refractivity contribution in [3.8, 4) is 0 Å². The second kappa shape index (κ2) is 5.69. The van der Waals surface area contributed by atoms with E-state index in [1.807, 2.05) is 12.1 Å². The number of anilines is 1. The molecular weight excluding hydrogens is 307 g/mol. The van der Waals surface area contributed by atoms with Gasteiger partial charge in [-0.1, -0.05) is 0 Å². The van der Waals surface area contributed by atoms with Crippen LogP contribution in [-0.2, 0) is 9.59 Å². The number of hydrogen-bond donors (Lipinski definition) is 2. The Hall–Kier alpha value is -1.11. The maximum atomic E-state index is 11.3. The molecule has 0 spiro atoms. The van der Waals surface area contributed by atoms with Gasteiger partial charge in [0.1, 0.15) is 0 Å². The Labute approximate surface area is 102 Å². The van der Waals surface area contributed by atoms with E-state index in [2.05, 4.69) is 33.2 Å². The fraction of sp³-hybridized carbons (Fsp3) is 0.200. The fourth-order valence-corrected chi connectivity index (χ4v) is 1.32. The lowest BCUT2D eigenvalue weighted by Gasteiger charge is -2.04. The molecule has 15 heavy (non-hydrogen) atoms. The van der Waals surface area contributed by atoms with Gasteiger partial charge in [0, 0.05) is 15.8 Å². The highest BCUT2D eigenvalue weighted by Gasteiger charge is 2.11. The van der Waals surface area contributed by atoms with Gasteiger partial charge in [-0.2, -0.15) is 0 Å². The van der Waals surface area contributed by atoms with Gasteiger partial charge in [0.05, 0.1) is 0 Å². The maximum Gasteiger partial charge on any atom is 0.313 e. The Morgan fingerprint density at radius 1 is 1.20 bits per heavy atom. The fourth-order valence-electron chi connectivity index (χ4n) is 0.962. The molecule has 0 atom stereocenters. The summed E-state index contributed by atoms with van der Waals surface area (Å²) in [6.45, 7) is 2.20. The lowest BCUT2D eigenvalue weighted by Crippen LogP contribution is -2.35. The largest absolute Gasteiger partial charge is 0.348 e. The Morgan fingerprint density at radius 3 is 2.33 bits per heavy atom. The molecule has 80 valence electrons. The van der Waals surface area contributed by atoms with Crippen molar-refractivity contribution in [2.75, 3.05) is 11.9 Å². The van der Waals surface area contributed by atoms with Gasteiger partial charge >= 0.3 is 11.8 Å². The molecule has 1 aromatic carbocycles. The molecule has 4 nitrogen and oxygen atoms in total. The first-order chi connectivity index (χ1) is 7.13. The quantitative estimate of drug-likeness (QED) is 0.639. The monoisotopic (exact) mass is 318 g/mol. The van der Waals surface area contributed by atoms with Crippen LogP contribution in [-0.4, -0.2) is 18.4 Å². The SMILES string of the molecule is CCNC(=O)C(=O)Nc1ccc(I)cc1. The molecule has 0 aromatic heterocycles. The van der Waals surface area contributed by atoms with E-state index in [4.69, 9.17) is 0 Å². The van der Waals surface area contributed by atoms with Crippen LogP contribution in [0.1, 0.15) is 6.92 Å². The minimum absolute atomic E-state index is 0.443. The van der Waals surface area contributed by atoms with Crippen LogP contribution in [0.3, 0.4) is 0 Å². The van der Waals surface area contributed by atoms with Gasteiger partial charge in [-0.25, -0.2) is 0 Å². The summed E-state index contributed by atoms with van der Waals surface area (Å²) < 4.78 is 1.07. The number of carbonyl (C=O) groups excluding carboxylic acids is 2. The summed E-state index contributed by atoms with van der Waals surface area (Å²) in [7, 11) is 0. The molecule has 0 aliphatic rings. The van der Waals surface area contributed by atoms with E-state index in [9.17, 15) is 9.59 Å². The average Bonchev–Trinajstić information content (AvgIpc) is 2.22. The van der Waals surface area contributed by atoms with E-state index in [1.165, 1.54) is 0 Å². The highest BCUT2D eigenvalue weighted by molar-refractivity contribution is 14.1. The van der Waals surface area contributed by atoms with E-state index in [-0.39, 0.29) is 0 Å². The lowest BCUT2D eigenvalue weighted by atomic mass is 10.3. The molecule has 0 radical (unpaired) electrons. The second-order valence-corrected chi connectivity index (χ2v) is 4.07. The van der Waals surface area contributed by atoms with Crippen molar-refractivity contribution in [1.29, 1.82) is 0 Å². The van der Waals surface area contributed by atoms with Crippen molar-refractivity contribution in [3.05, 3.63) is 27.8 Å². The summed E-state index contributed by atoms with van der Waals surface area (Å²) in [6, 6.07) is 7.21. The highest BCUT2D eigenvalue weighted by Crippen LogP contribution is 2.10. The smallest absolute Gasteiger partial charge is 0.313 e. The number of likely N-dealkylation sites (N-methyl/N-ethyl adjacent to an activating group) is 1. The number of rotatable bonds is 2. The molecule has 5 heteroatoms. The van der Waals surface area contributed by atoms with E-state index in [0.717, 1.165) is 3.57 Å². The van der Waals surface area contributed by atoms with Crippen LogP contribution >= 0.6 is 22.6 Å². The first-order valence-corrected chi connectivity index (χ1v) is 5.56. The summed E-state index contributed by atoms with van der Waals surface area (Å²) in [5, 5.41) is 4.92. The second-order valence-electron chi connectivity index (χ2n) is 2.82. The minimum Gasteiger partial charge on any atom is -0.348 e. The Morgan fingerprint density at radius 2 is 1.80 bits per heavy atom. The highest BCUT2D eigenvalue weighted by atomic mass is 127. The molecule has 0 heterocycles. The lowest BCUT2D eigenvalue weighted by molar-refractivity contribution is -0.136. The standard InChI is InChI=1S/C10H11IN2O2/c1-2-12-9(14)10(15)13-8-5-3-7(11)4-6-8/h3-6H,2H2,1H3,(H,12,14)(H,13,15). The summed E-state index contributed by atoms with van der Waals surface area (Å²) in [4.78, 5) is 22.4. The molecular formula is C10H11IN2O2. The van der Waals surface area contributed by atoms with Crippen LogP contribution in [0.5, 0.6) is 0 Å². The van der Waals surface area contributed by atoms with Crippen molar-refractivity contribution in [2.24, 2.45) is 0 Å². The van der Waals surface area contributed by atoms with Crippen molar-refractivity contribution >= 4 is 40.1 Å². The molecule has 2 N–H and O–H groups in total. The van der Waals surface area contributed by atoms with Crippen molar-refractivity contribution in [3.63, 3.8) is 0 Å². The van der Waals surface area contributed by atoms with Crippen LogP contribution < -0.4 is 10.6 Å². The molecule has 1 aromatic rings. The third-order valence-electron chi connectivity index (χ3n) is 1.65. The van der Waals surface area contributed by atoms with Crippen LogP contribution in [0.4, 0.5) is 5.69 Å². The summed E-state index contributed by atoms with van der Waals surface area (Å²) in [5.74, 6) is -1.26. The number of benzene rings is 1. The number of hydrogen-bond acceptors (Lipinski definition) is 2. The number of halogens is 1. The zero-order valence-corrected chi connectivity index (χ0v) is 10.4. The van der Waals surface area contributed by atoms with E-state index in [1.54, 1.807) is 19.1 Å². The first-order valence-electron chi connectivity index (χ1n) is 4.48. The average molecular weight is 318 g/mol. The Kier molecular flexibility index (Phi) is 4.54.